The SMILES string of the molecule is C/C=C\C1=CC(=O)[C@]23C[C@H]2C(C)(C)O[C@]3(O)C1=O. The molecule has 18 heavy (non-hydrogen) atoms. The van der Waals surface area contributed by atoms with E-state index in [1.54, 1.807) is 13.0 Å². The number of carbonyl (C=O) groups excluding carboxylic acids is 2. The molecule has 1 saturated carbocycles. The van der Waals surface area contributed by atoms with E-state index in [0.717, 1.165) is 0 Å². The molecule has 1 saturated heterocycles. The Labute approximate surface area is 105 Å². The third-order valence-corrected chi connectivity index (χ3v) is 4.46. The summed E-state index contributed by atoms with van der Waals surface area (Å²) in [6.45, 7) is 5.39. The summed E-state index contributed by atoms with van der Waals surface area (Å²) in [7, 11) is 0. The van der Waals surface area contributed by atoms with Crippen LogP contribution in [0.3, 0.4) is 0 Å². The van der Waals surface area contributed by atoms with Crippen LogP contribution in [-0.2, 0) is 14.3 Å². The largest absolute Gasteiger partial charge is 0.358 e. The molecule has 0 aromatic carbocycles. The molecule has 1 heterocycles. The highest BCUT2D eigenvalue weighted by molar-refractivity contribution is 6.18. The molecule has 4 heteroatoms. The molecular weight excluding hydrogens is 232 g/mol. The maximum absolute atomic E-state index is 12.3. The third-order valence-electron chi connectivity index (χ3n) is 4.46. The lowest BCUT2D eigenvalue weighted by Crippen LogP contribution is -2.54. The Hall–Kier alpha value is -1.26. The number of hydrogen-bond donors (Lipinski definition) is 1. The van der Waals surface area contributed by atoms with Crippen molar-refractivity contribution in [2.45, 2.75) is 38.6 Å². The van der Waals surface area contributed by atoms with Crippen molar-refractivity contribution in [2.75, 3.05) is 0 Å². The first kappa shape index (κ1) is 11.8. The first-order valence-corrected chi connectivity index (χ1v) is 6.16. The molecule has 0 unspecified atom stereocenters. The molecule has 2 aliphatic carbocycles. The van der Waals surface area contributed by atoms with Crippen LogP contribution in [0.2, 0.25) is 0 Å². The quantitative estimate of drug-likeness (QED) is 0.756. The number of Topliss-reactive ketones (excluding diaryl/α,β-unsaturated/α-hetero) is 1. The summed E-state index contributed by atoms with van der Waals surface area (Å²) in [4.78, 5) is 24.6. The third kappa shape index (κ3) is 1.04. The van der Waals surface area contributed by atoms with E-state index in [1.165, 1.54) is 12.2 Å². The lowest BCUT2D eigenvalue weighted by molar-refractivity contribution is -0.238. The fourth-order valence-corrected chi connectivity index (χ4v) is 3.54. The van der Waals surface area contributed by atoms with E-state index in [4.69, 9.17) is 4.74 Å². The molecule has 0 radical (unpaired) electrons. The summed E-state index contributed by atoms with van der Waals surface area (Å²) in [5, 5.41) is 10.6. The molecule has 1 N–H and O–H groups in total. The van der Waals surface area contributed by atoms with Crippen LogP contribution in [0.1, 0.15) is 27.2 Å². The van der Waals surface area contributed by atoms with Crippen molar-refractivity contribution in [2.24, 2.45) is 11.3 Å². The monoisotopic (exact) mass is 248 g/mol. The molecular formula is C14H16O4. The van der Waals surface area contributed by atoms with Crippen molar-refractivity contribution in [3.63, 3.8) is 0 Å². The summed E-state index contributed by atoms with van der Waals surface area (Å²) in [6.07, 6.45) is 5.09. The zero-order chi connectivity index (χ0) is 13.3. The molecule has 0 aromatic rings. The standard InChI is InChI=1S/C14H16O4/c1-4-5-8-6-10(15)13-7-9(13)12(2,3)18-14(13,17)11(8)16/h4-6,9,17H,7H2,1-3H3/b5-4-/t9-,13-,14+/m0/s1. The van der Waals surface area contributed by atoms with Gasteiger partial charge in [0.25, 0.3) is 0 Å². The normalized spacial score (nSPS) is 44.9. The van der Waals surface area contributed by atoms with E-state index < -0.39 is 22.6 Å². The topological polar surface area (TPSA) is 63.6 Å². The minimum absolute atomic E-state index is 0.0742. The summed E-state index contributed by atoms with van der Waals surface area (Å²) in [6, 6.07) is 0. The number of rotatable bonds is 1. The van der Waals surface area contributed by atoms with Gasteiger partial charge in [-0.1, -0.05) is 12.2 Å². The number of hydrogen-bond acceptors (Lipinski definition) is 4. The molecule has 1 aliphatic heterocycles. The van der Waals surface area contributed by atoms with Crippen molar-refractivity contribution in [3.8, 4) is 0 Å². The van der Waals surface area contributed by atoms with Crippen molar-refractivity contribution < 1.29 is 19.4 Å². The van der Waals surface area contributed by atoms with E-state index in [1.807, 2.05) is 13.8 Å². The van der Waals surface area contributed by atoms with Crippen LogP contribution in [0, 0.1) is 11.3 Å². The fraction of sp³-hybridized carbons (Fsp3) is 0.571. The highest BCUT2D eigenvalue weighted by atomic mass is 16.7. The maximum Gasteiger partial charge on any atom is 0.245 e. The highest BCUT2D eigenvalue weighted by Crippen LogP contribution is 2.73. The number of aliphatic hydroxyl groups is 1. The van der Waals surface area contributed by atoms with Gasteiger partial charge in [0.05, 0.1) is 5.60 Å². The first-order chi connectivity index (χ1) is 8.29. The Morgan fingerprint density at radius 1 is 1.44 bits per heavy atom. The molecule has 2 fully saturated rings. The molecule has 3 atom stereocenters. The number of ether oxygens (including phenoxy) is 1. The summed E-state index contributed by atoms with van der Waals surface area (Å²) in [5.41, 5.74) is -1.45. The first-order valence-electron chi connectivity index (χ1n) is 6.16. The molecule has 96 valence electrons. The van der Waals surface area contributed by atoms with Crippen LogP contribution in [0.15, 0.2) is 23.8 Å². The lowest BCUT2D eigenvalue weighted by atomic mass is 9.77. The molecule has 3 aliphatic rings. The number of allylic oxidation sites excluding steroid dienone is 3. The van der Waals surface area contributed by atoms with Crippen LogP contribution >= 0.6 is 0 Å². The van der Waals surface area contributed by atoms with Crippen molar-refractivity contribution in [1.82, 2.24) is 0 Å². The van der Waals surface area contributed by atoms with Gasteiger partial charge in [-0.05, 0) is 33.3 Å². The van der Waals surface area contributed by atoms with Gasteiger partial charge in [0.15, 0.2) is 5.78 Å². The Bertz CT molecular complexity index is 528. The Morgan fingerprint density at radius 3 is 2.67 bits per heavy atom. The highest BCUT2D eigenvalue weighted by Gasteiger charge is 2.84. The van der Waals surface area contributed by atoms with Crippen LogP contribution in [-0.4, -0.2) is 28.1 Å². The van der Waals surface area contributed by atoms with E-state index in [-0.39, 0.29) is 17.3 Å². The Morgan fingerprint density at radius 2 is 2.11 bits per heavy atom. The predicted molar refractivity (Wildman–Crippen MR) is 63.6 cm³/mol. The van der Waals surface area contributed by atoms with Gasteiger partial charge in [-0.25, -0.2) is 0 Å². The predicted octanol–water partition coefficient (Wildman–Crippen LogP) is 1.14. The number of carbonyl (C=O) groups is 2. The zero-order valence-electron chi connectivity index (χ0n) is 10.7. The van der Waals surface area contributed by atoms with E-state index in [9.17, 15) is 14.7 Å². The van der Waals surface area contributed by atoms with Gasteiger partial charge < -0.3 is 9.84 Å². The maximum atomic E-state index is 12.3. The molecule has 1 spiro atoms. The molecule has 0 bridgehead atoms. The Kier molecular flexibility index (Phi) is 1.97. The van der Waals surface area contributed by atoms with Crippen LogP contribution in [0.25, 0.3) is 0 Å². The average Bonchev–Trinajstić information content (AvgIpc) is 2.98. The van der Waals surface area contributed by atoms with E-state index in [0.29, 0.717) is 6.42 Å². The van der Waals surface area contributed by atoms with Crippen molar-refractivity contribution in [3.05, 3.63) is 23.8 Å². The summed E-state index contributed by atoms with van der Waals surface area (Å²) >= 11 is 0. The van der Waals surface area contributed by atoms with Crippen LogP contribution in [0.5, 0.6) is 0 Å². The van der Waals surface area contributed by atoms with E-state index in [2.05, 4.69) is 0 Å². The fourth-order valence-electron chi connectivity index (χ4n) is 3.54. The van der Waals surface area contributed by atoms with Gasteiger partial charge in [0, 0.05) is 11.5 Å². The second kappa shape index (κ2) is 3.00. The van der Waals surface area contributed by atoms with Gasteiger partial charge in [-0.3, -0.25) is 9.59 Å². The second-order valence-corrected chi connectivity index (χ2v) is 5.87. The smallest absolute Gasteiger partial charge is 0.245 e. The molecule has 0 amide bonds. The Balaban J connectivity index is 2.15. The average molecular weight is 248 g/mol. The van der Waals surface area contributed by atoms with Crippen LogP contribution < -0.4 is 0 Å². The van der Waals surface area contributed by atoms with Gasteiger partial charge in [0.2, 0.25) is 11.6 Å². The minimum atomic E-state index is -1.97. The summed E-state index contributed by atoms with van der Waals surface area (Å²) < 4.78 is 5.56. The second-order valence-electron chi connectivity index (χ2n) is 5.87. The van der Waals surface area contributed by atoms with Crippen molar-refractivity contribution in [1.29, 1.82) is 0 Å². The minimum Gasteiger partial charge on any atom is -0.358 e. The van der Waals surface area contributed by atoms with E-state index >= 15 is 0 Å². The van der Waals surface area contributed by atoms with Crippen molar-refractivity contribution >= 4 is 11.6 Å². The summed E-state index contributed by atoms with van der Waals surface area (Å²) in [5.74, 6) is -2.72. The molecule has 3 rings (SSSR count). The number of ketones is 2. The van der Waals surface area contributed by atoms with Gasteiger partial charge in [-0.2, -0.15) is 0 Å². The van der Waals surface area contributed by atoms with Gasteiger partial charge >= 0.3 is 0 Å². The van der Waals surface area contributed by atoms with Gasteiger partial charge in [0.1, 0.15) is 5.41 Å². The van der Waals surface area contributed by atoms with Gasteiger partial charge in [-0.15, -0.1) is 0 Å². The molecule has 4 nitrogen and oxygen atoms in total. The van der Waals surface area contributed by atoms with Crippen LogP contribution in [0.4, 0.5) is 0 Å². The zero-order valence-corrected chi connectivity index (χ0v) is 10.7. The molecule has 0 aromatic heterocycles. The lowest BCUT2D eigenvalue weighted by Gasteiger charge is -2.35.